The first-order chi connectivity index (χ1) is 7.66. The largest absolute Gasteiger partial charge is 0.375 e. The van der Waals surface area contributed by atoms with E-state index in [1.54, 1.807) is 11.3 Å². The minimum atomic E-state index is 0.338. The van der Waals surface area contributed by atoms with Gasteiger partial charge in [-0.2, -0.15) is 5.10 Å². The number of aromatic nitrogens is 2. The van der Waals surface area contributed by atoms with Crippen LogP contribution in [0, 0.1) is 0 Å². The van der Waals surface area contributed by atoms with Gasteiger partial charge < -0.3 is 5.32 Å². The molecule has 0 aliphatic rings. The Hall–Kier alpha value is -1.29. The van der Waals surface area contributed by atoms with Crippen LogP contribution in [0.25, 0.3) is 0 Å². The Balaban J connectivity index is 2.03. The van der Waals surface area contributed by atoms with Crippen molar-refractivity contribution < 1.29 is 0 Å². The molecule has 4 heteroatoms. The molecule has 0 aliphatic heterocycles. The lowest BCUT2D eigenvalue weighted by Crippen LogP contribution is -2.04. The first-order valence-corrected chi connectivity index (χ1v) is 6.39. The van der Waals surface area contributed by atoms with Gasteiger partial charge in [0.05, 0.1) is 17.9 Å². The van der Waals surface area contributed by atoms with Crippen molar-refractivity contribution in [3.63, 3.8) is 0 Å². The predicted molar refractivity (Wildman–Crippen MR) is 69.0 cm³/mol. The molecule has 1 N–H and O–H groups in total. The molecule has 1 atom stereocenters. The van der Waals surface area contributed by atoms with Crippen molar-refractivity contribution in [1.82, 2.24) is 9.78 Å². The van der Waals surface area contributed by atoms with E-state index in [4.69, 9.17) is 0 Å². The van der Waals surface area contributed by atoms with Gasteiger partial charge >= 0.3 is 0 Å². The van der Waals surface area contributed by atoms with E-state index in [-0.39, 0.29) is 0 Å². The fourth-order valence-electron chi connectivity index (χ4n) is 1.55. The minimum Gasteiger partial charge on any atom is -0.375 e. The number of hydrogen-bond donors (Lipinski definition) is 1. The molecule has 0 saturated heterocycles. The first-order valence-electron chi connectivity index (χ1n) is 5.51. The highest BCUT2D eigenvalue weighted by atomic mass is 32.1. The van der Waals surface area contributed by atoms with Gasteiger partial charge in [-0.3, -0.25) is 4.68 Å². The molecule has 2 aromatic rings. The lowest BCUT2D eigenvalue weighted by atomic mass is 10.2. The summed E-state index contributed by atoms with van der Waals surface area (Å²) in [6.45, 7) is 6.41. The Labute approximate surface area is 100 Å². The van der Waals surface area contributed by atoms with Crippen LogP contribution in [0.1, 0.15) is 37.7 Å². The summed E-state index contributed by atoms with van der Waals surface area (Å²) in [5.74, 6) is 0. The second-order valence-corrected chi connectivity index (χ2v) is 5.16. The highest BCUT2D eigenvalue weighted by molar-refractivity contribution is 7.10. The molecule has 0 aliphatic carbocycles. The molecule has 0 aromatic carbocycles. The standard InChI is InChI=1S/C12H17N3S/c1-9(2)15-8-11(7-13-15)14-10(3)12-5-4-6-16-12/h4-10,14H,1-3H3. The Kier molecular flexibility index (Phi) is 3.29. The Bertz CT molecular complexity index is 431. The number of nitrogens with zero attached hydrogens (tertiary/aromatic N) is 2. The minimum absolute atomic E-state index is 0.338. The van der Waals surface area contributed by atoms with Gasteiger partial charge in [0.15, 0.2) is 0 Å². The molecule has 2 heterocycles. The molecule has 0 bridgehead atoms. The maximum absolute atomic E-state index is 4.31. The van der Waals surface area contributed by atoms with Crippen LogP contribution in [0.3, 0.4) is 0 Å². The van der Waals surface area contributed by atoms with E-state index in [1.165, 1.54) is 4.88 Å². The second kappa shape index (κ2) is 4.70. The summed E-state index contributed by atoms with van der Waals surface area (Å²) < 4.78 is 1.96. The maximum atomic E-state index is 4.31. The number of thiophene rings is 1. The van der Waals surface area contributed by atoms with Crippen molar-refractivity contribution in [2.75, 3.05) is 5.32 Å². The quantitative estimate of drug-likeness (QED) is 0.875. The molecular weight excluding hydrogens is 218 g/mol. The van der Waals surface area contributed by atoms with E-state index in [0.717, 1.165) is 5.69 Å². The van der Waals surface area contributed by atoms with Crippen molar-refractivity contribution in [1.29, 1.82) is 0 Å². The Morgan fingerprint density at radius 1 is 1.38 bits per heavy atom. The molecule has 0 saturated carbocycles. The third kappa shape index (κ3) is 2.44. The normalized spacial score (nSPS) is 13.0. The molecule has 16 heavy (non-hydrogen) atoms. The Morgan fingerprint density at radius 2 is 2.19 bits per heavy atom. The summed E-state index contributed by atoms with van der Waals surface area (Å²) in [4.78, 5) is 1.34. The average molecular weight is 235 g/mol. The zero-order chi connectivity index (χ0) is 11.5. The van der Waals surface area contributed by atoms with Crippen LogP contribution in [-0.4, -0.2) is 9.78 Å². The van der Waals surface area contributed by atoms with Crippen LogP contribution in [0.15, 0.2) is 29.9 Å². The molecule has 3 nitrogen and oxygen atoms in total. The molecule has 0 amide bonds. The Morgan fingerprint density at radius 3 is 2.75 bits per heavy atom. The van der Waals surface area contributed by atoms with E-state index >= 15 is 0 Å². The van der Waals surface area contributed by atoms with E-state index in [0.29, 0.717) is 12.1 Å². The van der Waals surface area contributed by atoms with Gasteiger partial charge in [-0.25, -0.2) is 0 Å². The summed E-state index contributed by atoms with van der Waals surface area (Å²) in [5, 5.41) is 9.86. The fraction of sp³-hybridized carbons (Fsp3) is 0.417. The van der Waals surface area contributed by atoms with Crippen LogP contribution >= 0.6 is 11.3 Å². The van der Waals surface area contributed by atoms with Crippen LogP contribution in [0.5, 0.6) is 0 Å². The van der Waals surface area contributed by atoms with Crippen LogP contribution in [0.4, 0.5) is 5.69 Å². The van der Waals surface area contributed by atoms with Crippen LogP contribution < -0.4 is 5.32 Å². The summed E-state index contributed by atoms with van der Waals surface area (Å²) >= 11 is 1.77. The predicted octanol–water partition coefficient (Wildman–Crippen LogP) is 3.70. The average Bonchev–Trinajstić information content (AvgIpc) is 2.87. The third-order valence-corrected chi connectivity index (χ3v) is 3.54. The van der Waals surface area contributed by atoms with Gasteiger partial charge in [0.25, 0.3) is 0 Å². The molecule has 2 rings (SSSR count). The van der Waals surface area contributed by atoms with Gasteiger partial charge in [0.2, 0.25) is 0 Å². The summed E-state index contributed by atoms with van der Waals surface area (Å²) in [6, 6.07) is 4.97. The topological polar surface area (TPSA) is 29.9 Å². The smallest absolute Gasteiger partial charge is 0.0731 e. The molecule has 0 spiro atoms. The third-order valence-electron chi connectivity index (χ3n) is 2.48. The number of hydrogen-bond acceptors (Lipinski definition) is 3. The summed E-state index contributed by atoms with van der Waals surface area (Å²) in [5.41, 5.74) is 1.08. The summed E-state index contributed by atoms with van der Waals surface area (Å²) in [6.07, 6.45) is 3.93. The van der Waals surface area contributed by atoms with Gasteiger partial charge in [-0.15, -0.1) is 11.3 Å². The zero-order valence-electron chi connectivity index (χ0n) is 9.84. The maximum Gasteiger partial charge on any atom is 0.0731 e. The van der Waals surface area contributed by atoms with E-state index in [2.05, 4.69) is 54.9 Å². The molecule has 86 valence electrons. The van der Waals surface area contributed by atoms with Crippen LogP contribution in [0.2, 0.25) is 0 Å². The van der Waals surface area contributed by atoms with Crippen molar-refractivity contribution >= 4 is 17.0 Å². The SMILES string of the molecule is CC(Nc1cnn(C(C)C)c1)c1cccs1. The van der Waals surface area contributed by atoms with Crippen LogP contribution in [-0.2, 0) is 0 Å². The second-order valence-electron chi connectivity index (χ2n) is 4.18. The first kappa shape index (κ1) is 11.2. The highest BCUT2D eigenvalue weighted by Crippen LogP contribution is 2.23. The number of rotatable bonds is 4. The summed E-state index contributed by atoms with van der Waals surface area (Å²) in [7, 11) is 0. The van der Waals surface area contributed by atoms with E-state index in [1.807, 2.05) is 10.9 Å². The molecular formula is C12H17N3S. The lowest BCUT2D eigenvalue weighted by molar-refractivity contribution is 0.532. The van der Waals surface area contributed by atoms with Crippen molar-refractivity contribution in [3.05, 3.63) is 34.8 Å². The van der Waals surface area contributed by atoms with Crippen molar-refractivity contribution in [3.8, 4) is 0 Å². The highest BCUT2D eigenvalue weighted by Gasteiger charge is 2.08. The molecule has 0 radical (unpaired) electrons. The van der Waals surface area contributed by atoms with E-state index in [9.17, 15) is 0 Å². The van der Waals surface area contributed by atoms with Gasteiger partial charge in [0.1, 0.15) is 0 Å². The molecule has 2 aromatic heterocycles. The van der Waals surface area contributed by atoms with Gasteiger partial charge in [-0.05, 0) is 32.2 Å². The molecule has 1 unspecified atom stereocenters. The van der Waals surface area contributed by atoms with Crippen molar-refractivity contribution in [2.24, 2.45) is 0 Å². The number of anilines is 1. The van der Waals surface area contributed by atoms with Gasteiger partial charge in [-0.1, -0.05) is 6.07 Å². The lowest BCUT2D eigenvalue weighted by Gasteiger charge is -2.11. The fourth-order valence-corrected chi connectivity index (χ4v) is 2.29. The van der Waals surface area contributed by atoms with E-state index < -0.39 is 0 Å². The molecule has 0 fully saturated rings. The van der Waals surface area contributed by atoms with Crippen molar-refractivity contribution in [2.45, 2.75) is 32.9 Å². The number of nitrogens with one attached hydrogen (secondary N) is 1. The zero-order valence-corrected chi connectivity index (χ0v) is 10.7. The monoisotopic (exact) mass is 235 g/mol. The van der Waals surface area contributed by atoms with Gasteiger partial charge in [0, 0.05) is 17.1 Å².